The molecule has 1 saturated heterocycles. The van der Waals surface area contributed by atoms with Crippen molar-refractivity contribution in [1.29, 1.82) is 0 Å². The molecular weight excluding hydrogens is 566 g/mol. The Labute approximate surface area is 231 Å². The Hall–Kier alpha value is -2.68. The van der Waals surface area contributed by atoms with Crippen LogP contribution in [0.3, 0.4) is 0 Å². The van der Waals surface area contributed by atoms with Crippen LogP contribution in [-0.2, 0) is 16.1 Å². The lowest BCUT2D eigenvalue weighted by molar-refractivity contribution is -0.123. The van der Waals surface area contributed by atoms with Crippen molar-refractivity contribution >= 4 is 87.0 Å². The lowest BCUT2D eigenvalue weighted by Gasteiger charge is -2.13. The molecule has 3 aromatic carbocycles. The first-order chi connectivity index (χ1) is 17.2. The lowest BCUT2D eigenvalue weighted by atomic mass is 10.2. The smallest absolute Gasteiger partial charge is 0.293 e. The summed E-state index contributed by atoms with van der Waals surface area (Å²) in [6, 6.07) is 16.6. The van der Waals surface area contributed by atoms with Crippen molar-refractivity contribution < 1.29 is 19.1 Å². The Bertz CT molecular complexity index is 1400. The molecule has 11 heteroatoms. The average molecular weight is 582 g/mol. The van der Waals surface area contributed by atoms with Crippen LogP contribution >= 0.6 is 58.2 Å². The second kappa shape index (κ2) is 11.6. The van der Waals surface area contributed by atoms with Gasteiger partial charge in [0.1, 0.15) is 5.75 Å². The molecule has 1 aliphatic rings. The summed E-state index contributed by atoms with van der Waals surface area (Å²) in [5.74, 6) is -0.543. The van der Waals surface area contributed by atoms with Crippen molar-refractivity contribution in [2.75, 3.05) is 11.9 Å². The maximum atomic E-state index is 12.8. The standard InChI is InChI=1S/C25H16Cl4N2O4S/c26-16-7-5-15(10-18(16)28)12-31-24(33)22(36-25(31)34)11-14-6-8-21(19(29)9-14)35-13-23(32)30-20-4-2-1-3-17(20)27/h1-11H,12-13H2,(H,30,32)/b22-11-. The van der Waals surface area contributed by atoms with Crippen molar-refractivity contribution in [3.05, 3.63) is 96.8 Å². The van der Waals surface area contributed by atoms with Gasteiger partial charge in [-0.2, -0.15) is 0 Å². The molecule has 0 spiro atoms. The Morgan fingerprint density at radius 1 is 0.917 bits per heavy atom. The zero-order valence-corrected chi connectivity index (χ0v) is 22.1. The van der Waals surface area contributed by atoms with Gasteiger partial charge in [0.05, 0.1) is 37.2 Å². The van der Waals surface area contributed by atoms with Crippen LogP contribution in [0, 0.1) is 0 Å². The third kappa shape index (κ3) is 6.35. The van der Waals surface area contributed by atoms with E-state index in [-0.39, 0.29) is 28.8 Å². The van der Waals surface area contributed by atoms with Gasteiger partial charge in [0.25, 0.3) is 17.1 Å². The fourth-order valence-corrected chi connectivity index (χ4v) is 4.81. The predicted molar refractivity (Wildman–Crippen MR) is 145 cm³/mol. The fourth-order valence-electron chi connectivity index (χ4n) is 3.22. The number of anilines is 1. The van der Waals surface area contributed by atoms with Crippen molar-refractivity contribution in [2.24, 2.45) is 0 Å². The number of imide groups is 1. The van der Waals surface area contributed by atoms with E-state index in [4.69, 9.17) is 51.1 Å². The van der Waals surface area contributed by atoms with E-state index in [1.54, 1.807) is 66.7 Å². The number of hydrogen-bond donors (Lipinski definition) is 1. The van der Waals surface area contributed by atoms with E-state index >= 15 is 0 Å². The largest absolute Gasteiger partial charge is 0.482 e. The summed E-state index contributed by atoms with van der Waals surface area (Å²) in [6.45, 7) is -0.208. The van der Waals surface area contributed by atoms with Gasteiger partial charge in [-0.1, -0.05) is 70.7 Å². The number of amides is 3. The highest BCUT2D eigenvalue weighted by Crippen LogP contribution is 2.35. The SMILES string of the molecule is O=C(COc1ccc(/C=C2\SC(=O)N(Cc3ccc(Cl)c(Cl)c3)C2=O)cc1Cl)Nc1ccccc1Cl. The molecule has 0 aromatic heterocycles. The van der Waals surface area contributed by atoms with E-state index in [0.29, 0.717) is 31.9 Å². The van der Waals surface area contributed by atoms with Crippen molar-refractivity contribution in [3.8, 4) is 5.75 Å². The fraction of sp³-hybridized carbons (Fsp3) is 0.0800. The van der Waals surface area contributed by atoms with Gasteiger partial charge in [-0.3, -0.25) is 19.3 Å². The number of thioether (sulfide) groups is 1. The third-order valence-electron chi connectivity index (χ3n) is 4.96. The molecule has 184 valence electrons. The minimum absolute atomic E-state index is 0.0721. The van der Waals surface area contributed by atoms with Gasteiger partial charge in [0.15, 0.2) is 6.61 Å². The van der Waals surface area contributed by atoms with E-state index in [0.717, 1.165) is 16.7 Å². The summed E-state index contributed by atoms with van der Waals surface area (Å²) in [5.41, 5.74) is 1.74. The Morgan fingerprint density at radius 3 is 2.42 bits per heavy atom. The normalized spacial score (nSPS) is 14.4. The first-order valence-electron chi connectivity index (χ1n) is 10.4. The topological polar surface area (TPSA) is 75.7 Å². The molecule has 6 nitrogen and oxygen atoms in total. The molecule has 0 saturated carbocycles. The zero-order chi connectivity index (χ0) is 25.8. The van der Waals surface area contributed by atoms with Crippen LogP contribution in [0.5, 0.6) is 5.75 Å². The van der Waals surface area contributed by atoms with Crippen molar-refractivity contribution in [3.63, 3.8) is 0 Å². The number of hydrogen-bond acceptors (Lipinski definition) is 5. The Kier molecular flexibility index (Phi) is 8.49. The molecule has 1 N–H and O–H groups in total. The molecule has 0 aliphatic carbocycles. The lowest BCUT2D eigenvalue weighted by Crippen LogP contribution is -2.27. The number of nitrogens with one attached hydrogen (secondary N) is 1. The Balaban J connectivity index is 1.39. The van der Waals surface area contributed by atoms with Gasteiger partial charge in [-0.25, -0.2) is 0 Å². The number of nitrogens with zero attached hydrogens (tertiary/aromatic N) is 1. The number of halogens is 4. The monoisotopic (exact) mass is 580 g/mol. The predicted octanol–water partition coefficient (Wildman–Crippen LogP) is 7.55. The van der Waals surface area contributed by atoms with E-state index in [9.17, 15) is 14.4 Å². The molecule has 1 heterocycles. The highest BCUT2D eigenvalue weighted by Gasteiger charge is 2.35. The number of rotatable bonds is 7. The molecule has 0 unspecified atom stereocenters. The van der Waals surface area contributed by atoms with E-state index in [1.165, 1.54) is 0 Å². The number of carbonyl (C=O) groups is 3. The van der Waals surface area contributed by atoms with Gasteiger partial charge in [-0.05, 0) is 65.4 Å². The molecule has 1 fully saturated rings. The molecule has 1 aliphatic heterocycles. The number of benzene rings is 3. The van der Waals surface area contributed by atoms with Crippen LogP contribution in [0.4, 0.5) is 10.5 Å². The van der Waals surface area contributed by atoms with Gasteiger partial charge in [-0.15, -0.1) is 0 Å². The molecule has 0 atom stereocenters. The molecule has 36 heavy (non-hydrogen) atoms. The average Bonchev–Trinajstić information content (AvgIpc) is 3.09. The second-order valence-electron chi connectivity index (χ2n) is 7.52. The van der Waals surface area contributed by atoms with E-state index < -0.39 is 17.1 Å². The summed E-state index contributed by atoms with van der Waals surface area (Å²) in [6.07, 6.45) is 1.57. The number of carbonyl (C=O) groups excluding carboxylic acids is 3. The maximum absolute atomic E-state index is 12.8. The second-order valence-corrected chi connectivity index (χ2v) is 10.1. The van der Waals surface area contributed by atoms with Gasteiger partial charge in [0.2, 0.25) is 0 Å². The number of ether oxygens (including phenoxy) is 1. The van der Waals surface area contributed by atoms with Crippen LogP contribution < -0.4 is 10.1 Å². The van der Waals surface area contributed by atoms with Crippen molar-refractivity contribution in [2.45, 2.75) is 6.54 Å². The highest BCUT2D eigenvalue weighted by molar-refractivity contribution is 8.18. The molecule has 0 radical (unpaired) electrons. The summed E-state index contributed by atoms with van der Waals surface area (Å²) < 4.78 is 5.51. The molecular formula is C25H16Cl4N2O4S. The van der Waals surface area contributed by atoms with Crippen molar-refractivity contribution in [1.82, 2.24) is 4.90 Å². The minimum atomic E-state index is -0.427. The first-order valence-corrected chi connectivity index (χ1v) is 12.7. The quantitative estimate of drug-likeness (QED) is 0.291. The Morgan fingerprint density at radius 2 is 1.69 bits per heavy atom. The molecule has 3 amide bonds. The number of para-hydroxylation sites is 1. The summed E-state index contributed by atoms with van der Waals surface area (Å²) in [7, 11) is 0. The summed E-state index contributed by atoms with van der Waals surface area (Å²) >= 11 is 25.1. The molecule has 3 aromatic rings. The first kappa shape index (κ1) is 26.4. The zero-order valence-electron chi connectivity index (χ0n) is 18.3. The van der Waals surface area contributed by atoms with Crippen LogP contribution in [0.25, 0.3) is 6.08 Å². The minimum Gasteiger partial charge on any atom is -0.482 e. The van der Waals surface area contributed by atoms with E-state index in [1.807, 2.05) is 0 Å². The van der Waals surface area contributed by atoms with E-state index in [2.05, 4.69) is 5.32 Å². The van der Waals surface area contributed by atoms with Crippen LogP contribution in [-0.4, -0.2) is 28.6 Å². The van der Waals surface area contributed by atoms with Gasteiger partial charge in [0, 0.05) is 0 Å². The van der Waals surface area contributed by atoms with Crippen LogP contribution in [0.15, 0.2) is 65.6 Å². The summed E-state index contributed by atoms with van der Waals surface area (Å²) in [4.78, 5) is 38.8. The molecule has 0 bridgehead atoms. The van der Waals surface area contributed by atoms with Crippen LogP contribution in [0.2, 0.25) is 20.1 Å². The third-order valence-corrected chi connectivity index (χ3v) is 7.23. The molecule has 4 rings (SSSR count). The maximum Gasteiger partial charge on any atom is 0.293 e. The van der Waals surface area contributed by atoms with Gasteiger partial charge < -0.3 is 10.1 Å². The highest BCUT2D eigenvalue weighted by atomic mass is 35.5. The summed E-state index contributed by atoms with van der Waals surface area (Å²) in [5, 5.41) is 3.64. The van der Waals surface area contributed by atoms with Crippen LogP contribution in [0.1, 0.15) is 11.1 Å². The van der Waals surface area contributed by atoms with Gasteiger partial charge >= 0.3 is 0 Å².